The van der Waals surface area contributed by atoms with E-state index < -0.39 is 0 Å². The Morgan fingerprint density at radius 2 is 2.33 bits per heavy atom. The van der Waals surface area contributed by atoms with Gasteiger partial charge in [0.15, 0.2) is 0 Å². The Labute approximate surface area is 99.8 Å². The molecule has 1 saturated carbocycles. The normalized spacial score (nSPS) is 28.2. The highest BCUT2D eigenvalue weighted by molar-refractivity contribution is 7.16. The van der Waals surface area contributed by atoms with Gasteiger partial charge in [0, 0.05) is 4.88 Å². The number of hydrogen-bond donors (Lipinski definition) is 2. The zero-order valence-electron chi connectivity index (χ0n) is 8.87. The van der Waals surface area contributed by atoms with Crippen molar-refractivity contribution in [2.75, 3.05) is 0 Å². The van der Waals surface area contributed by atoms with Crippen LogP contribution in [0.1, 0.15) is 37.1 Å². The lowest BCUT2D eigenvalue weighted by Gasteiger charge is -2.21. The van der Waals surface area contributed by atoms with Crippen molar-refractivity contribution in [2.24, 2.45) is 17.7 Å². The van der Waals surface area contributed by atoms with Crippen molar-refractivity contribution in [3.63, 3.8) is 0 Å². The first-order valence-corrected chi connectivity index (χ1v) is 6.61. The second kappa shape index (κ2) is 4.83. The number of hydrazine groups is 1. The highest BCUT2D eigenvalue weighted by Gasteiger charge is 2.29. The van der Waals surface area contributed by atoms with Crippen LogP contribution in [0.4, 0.5) is 0 Å². The molecule has 2 rings (SSSR count). The molecule has 15 heavy (non-hydrogen) atoms. The average Bonchev–Trinajstić information content (AvgIpc) is 2.78. The maximum atomic E-state index is 5.95. The molecule has 84 valence electrons. The third-order valence-corrected chi connectivity index (χ3v) is 4.60. The van der Waals surface area contributed by atoms with E-state index in [0.717, 1.165) is 10.3 Å². The number of hydrogen-bond acceptors (Lipinski definition) is 3. The first kappa shape index (κ1) is 11.4. The van der Waals surface area contributed by atoms with E-state index in [1.54, 1.807) is 11.3 Å². The van der Waals surface area contributed by atoms with Crippen molar-refractivity contribution >= 4 is 22.9 Å². The van der Waals surface area contributed by atoms with Gasteiger partial charge in [0.25, 0.3) is 0 Å². The SMILES string of the molecule is CC1CCC(C(NN)c2ccc(Cl)s2)C1. The zero-order valence-corrected chi connectivity index (χ0v) is 10.4. The van der Waals surface area contributed by atoms with Gasteiger partial charge in [-0.2, -0.15) is 0 Å². The van der Waals surface area contributed by atoms with E-state index in [9.17, 15) is 0 Å². The molecule has 3 atom stereocenters. The van der Waals surface area contributed by atoms with E-state index in [2.05, 4.69) is 18.4 Å². The highest BCUT2D eigenvalue weighted by Crippen LogP contribution is 2.40. The molecule has 3 unspecified atom stereocenters. The van der Waals surface area contributed by atoms with Crippen molar-refractivity contribution in [3.8, 4) is 0 Å². The monoisotopic (exact) mass is 244 g/mol. The molecule has 1 fully saturated rings. The molecule has 0 amide bonds. The first-order valence-electron chi connectivity index (χ1n) is 5.42. The van der Waals surface area contributed by atoms with E-state index in [1.165, 1.54) is 24.1 Å². The van der Waals surface area contributed by atoms with Crippen molar-refractivity contribution in [1.82, 2.24) is 5.43 Å². The van der Waals surface area contributed by atoms with Crippen LogP contribution in [-0.2, 0) is 0 Å². The van der Waals surface area contributed by atoms with Gasteiger partial charge in [-0.3, -0.25) is 11.3 Å². The van der Waals surface area contributed by atoms with Crippen LogP contribution in [0.5, 0.6) is 0 Å². The summed E-state index contributed by atoms with van der Waals surface area (Å²) in [6, 6.07) is 4.32. The van der Waals surface area contributed by atoms with Gasteiger partial charge in [-0.05, 0) is 36.8 Å². The molecule has 0 aromatic carbocycles. The van der Waals surface area contributed by atoms with Gasteiger partial charge in [-0.1, -0.05) is 24.9 Å². The summed E-state index contributed by atoms with van der Waals surface area (Å²) < 4.78 is 0.844. The van der Waals surface area contributed by atoms with E-state index in [4.69, 9.17) is 17.4 Å². The fourth-order valence-electron chi connectivity index (χ4n) is 2.50. The minimum absolute atomic E-state index is 0.285. The van der Waals surface area contributed by atoms with Gasteiger partial charge >= 0.3 is 0 Å². The van der Waals surface area contributed by atoms with Crippen LogP contribution in [-0.4, -0.2) is 0 Å². The summed E-state index contributed by atoms with van der Waals surface area (Å²) in [6.07, 6.45) is 3.86. The Morgan fingerprint density at radius 1 is 1.53 bits per heavy atom. The van der Waals surface area contributed by atoms with Crippen molar-refractivity contribution in [2.45, 2.75) is 32.2 Å². The molecule has 4 heteroatoms. The summed E-state index contributed by atoms with van der Waals surface area (Å²) in [7, 11) is 0. The fraction of sp³-hybridized carbons (Fsp3) is 0.636. The van der Waals surface area contributed by atoms with Gasteiger partial charge < -0.3 is 0 Å². The molecule has 2 nitrogen and oxygen atoms in total. The molecule has 0 aliphatic heterocycles. The Morgan fingerprint density at radius 3 is 2.80 bits per heavy atom. The number of thiophene rings is 1. The van der Waals surface area contributed by atoms with Crippen LogP contribution in [0.25, 0.3) is 0 Å². The van der Waals surface area contributed by atoms with Crippen LogP contribution in [0.15, 0.2) is 12.1 Å². The van der Waals surface area contributed by atoms with E-state index in [1.807, 2.05) is 6.07 Å². The molecule has 1 aromatic heterocycles. The number of halogens is 1. The fourth-order valence-corrected chi connectivity index (χ4v) is 3.71. The lowest BCUT2D eigenvalue weighted by Crippen LogP contribution is -2.32. The molecule has 0 saturated heterocycles. The first-order chi connectivity index (χ1) is 7.20. The number of nitrogens with two attached hydrogens (primary N) is 1. The van der Waals surface area contributed by atoms with E-state index >= 15 is 0 Å². The Hall–Kier alpha value is -0.0900. The van der Waals surface area contributed by atoms with Crippen LogP contribution in [0, 0.1) is 11.8 Å². The predicted octanol–water partition coefficient (Wildman–Crippen LogP) is 3.34. The molecule has 1 heterocycles. The van der Waals surface area contributed by atoms with Gasteiger partial charge in [-0.15, -0.1) is 11.3 Å². The number of rotatable bonds is 3. The third-order valence-electron chi connectivity index (χ3n) is 3.29. The van der Waals surface area contributed by atoms with Crippen LogP contribution < -0.4 is 11.3 Å². The standard InChI is InChI=1S/C11H17ClN2S/c1-7-2-3-8(6-7)11(14-13)9-4-5-10(12)15-9/h4-5,7-8,11,14H,2-3,6,13H2,1H3. The summed E-state index contributed by atoms with van der Waals surface area (Å²) >= 11 is 7.58. The van der Waals surface area contributed by atoms with Crippen molar-refractivity contribution < 1.29 is 0 Å². The van der Waals surface area contributed by atoms with Crippen LogP contribution in [0.2, 0.25) is 4.34 Å². The van der Waals surface area contributed by atoms with Gasteiger partial charge in [-0.25, -0.2) is 0 Å². The summed E-state index contributed by atoms with van der Waals surface area (Å²) in [5, 5.41) is 0. The van der Waals surface area contributed by atoms with E-state index in [0.29, 0.717) is 5.92 Å². The highest BCUT2D eigenvalue weighted by atomic mass is 35.5. The van der Waals surface area contributed by atoms with E-state index in [-0.39, 0.29) is 6.04 Å². The summed E-state index contributed by atoms with van der Waals surface area (Å²) in [4.78, 5) is 1.27. The molecule has 0 spiro atoms. The molecular formula is C11H17ClN2S. The third kappa shape index (κ3) is 2.53. The summed E-state index contributed by atoms with van der Waals surface area (Å²) in [6.45, 7) is 2.31. The lowest BCUT2D eigenvalue weighted by molar-refractivity contribution is 0.369. The molecule has 1 aliphatic rings. The average molecular weight is 245 g/mol. The molecule has 3 N–H and O–H groups in total. The second-order valence-electron chi connectivity index (χ2n) is 4.46. The molecular weight excluding hydrogens is 228 g/mol. The maximum absolute atomic E-state index is 5.95. The Bertz CT molecular complexity index is 326. The minimum Gasteiger partial charge on any atom is -0.271 e. The Kier molecular flexibility index (Phi) is 3.67. The van der Waals surface area contributed by atoms with Gasteiger partial charge in [0.1, 0.15) is 0 Å². The van der Waals surface area contributed by atoms with Crippen LogP contribution in [0.3, 0.4) is 0 Å². The van der Waals surface area contributed by atoms with Crippen molar-refractivity contribution in [3.05, 3.63) is 21.3 Å². The summed E-state index contributed by atoms with van der Waals surface area (Å²) in [5.41, 5.74) is 2.95. The predicted molar refractivity (Wildman–Crippen MR) is 65.9 cm³/mol. The molecule has 0 radical (unpaired) electrons. The van der Waals surface area contributed by atoms with Gasteiger partial charge in [0.05, 0.1) is 10.4 Å². The van der Waals surface area contributed by atoms with Gasteiger partial charge in [0.2, 0.25) is 0 Å². The largest absolute Gasteiger partial charge is 0.271 e. The van der Waals surface area contributed by atoms with Crippen LogP contribution >= 0.6 is 22.9 Å². The Balaban J connectivity index is 2.10. The lowest BCUT2D eigenvalue weighted by atomic mass is 9.96. The molecule has 1 aliphatic carbocycles. The zero-order chi connectivity index (χ0) is 10.8. The minimum atomic E-state index is 0.285. The number of nitrogens with one attached hydrogen (secondary N) is 1. The smallest absolute Gasteiger partial charge is 0.0931 e. The van der Waals surface area contributed by atoms with Crippen molar-refractivity contribution in [1.29, 1.82) is 0 Å². The maximum Gasteiger partial charge on any atom is 0.0931 e. The summed E-state index contributed by atoms with van der Waals surface area (Å²) in [5.74, 6) is 7.15. The molecule has 0 bridgehead atoms. The quantitative estimate of drug-likeness (QED) is 0.632. The molecule has 1 aromatic rings. The topological polar surface area (TPSA) is 38.0 Å². The second-order valence-corrected chi connectivity index (χ2v) is 6.21.